The third-order valence-corrected chi connectivity index (χ3v) is 2.29. The van der Waals surface area contributed by atoms with E-state index in [9.17, 15) is 14.7 Å². The van der Waals surface area contributed by atoms with Crippen LogP contribution in [0.4, 0.5) is 0 Å². The molecule has 0 spiro atoms. The van der Waals surface area contributed by atoms with Crippen LogP contribution in [0.1, 0.15) is 22.3 Å². The molecule has 0 aliphatic rings. The van der Waals surface area contributed by atoms with Crippen molar-refractivity contribution >= 4 is 18.3 Å². The Balaban J connectivity index is 3.00. The zero-order chi connectivity index (χ0) is 13.5. The first-order chi connectivity index (χ1) is 8.62. The molecule has 0 saturated heterocycles. The maximum Gasteiger partial charge on any atom is 0.309 e. The lowest BCUT2D eigenvalue weighted by Crippen LogP contribution is -1.96. The van der Waals surface area contributed by atoms with Gasteiger partial charge in [0.15, 0.2) is 11.5 Å². The summed E-state index contributed by atoms with van der Waals surface area (Å²) in [5.74, 6) is -0.259. The summed E-state index contributed by atoms with van der Waals surface area (Å²) in [7, 11) is 2.69. The highest BCUT2D eigenvalue weighted by Gasteiger charge is 2.08. The van der Waals surface area contributed by atoms with E-state index in [1.165, 1.54) is 38.5 Å². The maximum absolute atomic E-state index is 10.9. The van der Waals surface area contributed by atoms with E-state index in [4.69, 9.17) is 4.74 Å². The van der Waals surface area contributed by atoms with Gasteiger partial charge in [0.05, 0.1) is 20.6 Å². The van der Waals surface area contributed by atoms with Gasteiger partial charge in [0.2, 0.25) is 0 Å². The summed E-state index contributed by atoms with van der Waals surface area (Å²) in [6.45, 7) is 0. The second-order valence-electron chi connectivity index (χ2n) is 3.46. The molecule has 0 bridgehead atoms. The molecule has 0 atom stereocenters. The van der Waals surface area contributed by atoms with Gasteiger partial charge in [-0.05, 0) is 12.1 Å². The first-order valence-corrected chi connectivity index (χ1v) is 5.22. The van der Waals surface area contributed by atoms with Crippen molar-refractivity contribution in [3.05, 3.63) is 29.3 Å². The zero-order valence-corrected chi connectivity index (χ0v) is 10.2. The summed E-state index contributed by atoms with van der Waals surface area (Å²) >= 11 is 0. The fraction of sp³-hybridized carbons (Fsp3) is 0.231. The van der Waals surface area contributed by atoms with E-state index < -0.39 is 0 Å². The van der Waals surface area contributed by atoms with Crippen molar-refractivity contribution in [2.45, 2.75) is 6.42 Å². The molecule has 0 aliphatic carbocycles. The van der Waals surface area contributed by atoms with Gasteiger partial charge in [-0.1, -0.05) is 12.2 Å². The fourth-order valence-corrected chi connectivity index (χ4v) is 1.37. The molecule has 0 unspecified atom stereocenters. The molecular formula is C13H14O5. The van der Waals surface area contributed by atoms with Gasteiger partial charge in [-0.3, -0.25) is 9.59 Å². The second kappa shape index (κ2) is 6.44. The van der Waals surface area contributed by atoms with Gasteiger partial charge in [0, 0.05) is 11.1 Å². The minimum absolute atomic E-state index is 0.0794. The minimum Gasteiger partial charge on any atom is -0.504 e. The highest BCUT2D eigenvalue weighted by atomic mass is 16.5. The predicted octanol–water partition coefficient (Wildman–Crippen LogP) is 1.79. The molecule has 0 aliphatic heterocycles. The van der Waals surface area contributed by atoms with E-state index in [-0.39, 0.29) is 23.9 Å². The molecule has 5 nitrogen and oxygen atoms in total. The lowest BCUT2D eigenvalue weighted by atomic mass is 10.1. The van der Waals surface area contributed by atoms with E-state index >= 15 is 0 Å². The lowest BCUT2D eigenvalue weighted by Gasteiger charge is -2.07. The van der Waals surface area contributed by atoms with Crippen LogP contribution in [0.2, 0.25) is 0 Å². The van der Waals surface area contributed by atoms with Crippen LogP contribution in [0, 0.1) is 0 Å². The van der Waals surface area contributed by atoms with E-state index in [1.807, 2.05) is 0 Å². The van der Waals surface area contributed by atoms with E-state index in [0.717, 1.165) is 0 Å². The smallest absolute Gasteiger partial charge is 0.309 e. The summed E-state index contributed by atoms with van der Waals surface area (Å²) in [4.78, 5) is 21.6. The molecule has 1 N–H and O–H groups in total. The zero-order valence-electron chi connectivity index (χ0n) is 10.2. The number of phenols is 1. The van der Waals surface area contributed by atoms with Crippen molar-refractivity contribution in [3.8, 4) is 11.5 Å². The number of esters is 1. The normalized spacial score (nSPS) is 10.3. The van der Waals surface area contributed by atoms with Crippen molar-refractivity contribution < 1.29 is 24.2 Å². The van der Waals surface area contributed by atoms with Gasteiger partial charge < -0.3 is 14.6 Å². The number of carbonyl (C=O) groups is 2. The molecule has 1 aromatic rings. The molecule has 5 heteroatoms. The Morgan fingerprint density at radius 3 is 2.67 bits per heavy atom. The van der Waals surface area contributed by atoms with E-state index in [1.54, 1.807) is 0 Å². The van der Waals surface area contributed by atoms with Crippen LogP contribution in [0.3, 0.4) is 0 Å². The Hall–Kier alpha value is -2.30. The third-order valence-electron chi connectivity index (χ3n) is 2.29. The molecule has 1 aromatic carbocycles. The summed E-state index contributed by atoms with van der Waals surface area (Å²) < 4.78 is 9.42. The topological polar surface area (TPSA) is 72.8 Å². The summed E-state index contributed by atoms with van der Waals surface area (Å²) in [5.41, 5.74) is 0.780. The van der Waals surface area contributed by atoms with Gasteiger partial charge in [-0.15, -0.1) is 0 Å². The first kappa shape index (κ1) is 13.8. The van der Waals surface area contributed by atoms with Gasteiger partial charge >= 0.3 is 5.97 Å². The second-order valence-corrected chi connectivity index (χ2v) is 3.46. The molecule has 0 fully saturated rings. The molecule has 0 radical (unpaired) electrons. The molecule has 0 heterocycles. The maximum atomic E-state index is 10.9. The number of phenolic OH excluding ortho intramolecular Hbond substituents is 1. The quantitative estimate of drug-likeness (QED) is 0.637. The van der Waals surface area contributed by atoms with Crippen LogP contribution >= 0.6 is 0 Å². The Kier molecular flexibility index (Phi) is 4.92. The Bertz CT molecular complexity index is 477. The minimum atomic E-state index is -0.385. The lowest BCUT2D eigenvalue weighted by molar-refractivity contribution is -0.139. The van der Waals surface area contributed by atoms with E-state index in [0.29, 0.717) is 17.4 Å². The number of aldehydes is 1. The van der Waals surface area contributed by atoms with Crippen molar-refractivity contribution in [2.24, 2.45) is 0 Å². The van der Waals surface area contributed by atoms with Crippen LogP contribution in [0.5, 0.6) is 11.5 Å². The highest BCUT2D eigenvalue weighted by molar-refractivity contribution is 5.80. The van der Waals surface area contributed by atoms with Gasteiger partial charge in [-0.2, -0.15) is 0 Å². The monoisotopic (exact) mass is 250 g/mol. The van der Waals surface area contributed by atoms with Crippen molar-refractivity contribution in [2.75, 3.05) is 14.2 Å². The molecule has 0 amide bonds. The number of hydrogen-bond acceptors (Lipinski definition) is 5. The first-order valence-electron chi connectivity index (χ1n) is 5.22. The molecule has 1 rings (SSSR count). The average Bonchev–Trinajstić information content (AvgIpc) is 2.40. The van der Waals surface area contributed by atoms with Gasteiger partial charge in [0.1, 0.15) is 6.29 Å². The van der Waals surface area contributed by atoms with Gasteiger partial charge in [0.25, 0.3) is 0 Å². The number of aromatic hydroxyl groups is 1. The number of rotatable bonds is 5. The Morgan fingerprint density at radius 2 is 2.11 bits per heavy atom. The van der Waals surface area contributed by atoms with Crippen molar-refractivity contribution in [3.63, 3.8) is 0 Å². The summed E-state index contributed by atoms with van der Waals surface area (Å²) in [6, 6.07) is 2.93. The van der Waals surface area contributed by atoms with Gasteiger partial charge in [-0.25, -0.2) is 0 Å². The Morgan fingerprint density at radius 1 is 1.39 bits per heavy atom. The molecule has 96 valence electrons. The van der Waals surface area contributed by atoms with Crippen LogP contribution < -0.4 is 4.74 Å². The third kappa shape index (κ3) is 3.35. The van der Waals surface area contributed by atoms with Crippen LogP contribution in [0.15, 0.2) is 18.2 Å². The highest BCUT2D eigenvalue weighted by Crippen LogP contribution is 2.31. The molecule has 18 heavy (non-hydrogen) atoms. The standard InChI is InChI=1S/C13H14O5/c1-17-11-7-9(8-14)6-10(13(11)16)4-3-5-12(15)18-2/h3-4,6-8,16H,5H2,1-2H3. The molecular weight excluding hydrogens is 236 g/mol. The largest absolute Gasteiger partial charge is 0.504 e. The number of benzene rings is 1. The summed E-state index contributed by atoms with van der Waals surface area (Å²) in [5, 5.41) is 9.82. The van der Waals surface area contributed by atoms with Crippen LogP contribution in [-0.4, -0.2) is 31.6 Å². The number of carbonyl (C=O) groups excluding carboxylic acids is 2. The number of hydrogen-bond donors (Lipinski definition) is 1. The van der Waals surface area contributed by atoms with E-state index in [2.05, 4.69) is 4.74 Å². The molecule has 0 saturated carbocycles. The SMILES string of the molecule is COC(=O)CC=Cc1cc(C=O)cc(OC)c1O. The average molecular weight is 250 g/mol. The van der Waals surface area contributed by atoms with Crippen molar-refractivity contribution in [1.82, 2.24) is 0 Å². The van der Waals surface area contributed by atoms with Crippen LogP contribution in [-0.2, 0) is 9.53 Å². The van der Waals surface area contributed by atoms with Crippen molar-refractivity contribution in [1.29, 1.82) is 0 Å². The number of methoxy groups -OCH3 is 2. The molecule has 0 aromatic heterocycles. The van der Waals surface area contributed by atoms with Crippen LogP contribution in [0.25, 0.3) is 6.08 Å². The number of ether oxygens (including phenoxy) is 2. The summed E-state index contributed by atoms with van der Waals surface area (Å²) in [6.07, 6.45) is 3.81. The predicted molar refractivity (Wildman–Crippen MR) is 65.7 cm³/mol. The Labute approximate surface area is 105 Å². The fourth-order valence-electron chi connectivity index (χ4n) is 1.37.